The Hall–Kier alpha value is -0.810. The molecule has 15 heavy (non-hydrogen) atoms. The van der Waals surface area contributed by atoms with E-state index in [0.717, 1.165) is 6.42 Å². The lowest BCUT2D eigenvalue weighted by atomic mass is 10.5. The molecular weight excluding hydrogens is 236 g/mol. The van der Waals surface area contributed by atoms with Crippen LogP contribution in [0.5, 0.6) is 0 Å². The number of carbonyl (C=O) groups is 1. The Balaban J connectivity index is 2.10. The molecule has 0 aliphatic heterocycles. The van der Waals surface area contributed by atoms with Crippen molar-refractivity contribution in [1.29, 1.82) is 0 Å². The van der Waals surface area contributed by atoms with Crippen molar-refractivity contribution in [2.24, 2.45) is 5.92 Å². The molecule has 2 atom stereocenters. The van der Waals surface area contributed by atoms with Gasteiger partial charge in [0, 0.05) is 6.04 Å². The minimum atomic E-state index is -0.436. The minimum absolute atomic E-state index is 0.211. The first kappa shape index (κ1) is 10.7. The van der Waals surface area contributed by atoms with Crippen molar-refractivity contribution in [2.45, 2.75) is 19.4 Å². The number of rotatable bonds is 3. The Morgan fingerprint density at radius 3 is 2.93 bits per heavy atom. The number of ether oxygens (including phenoxy) is 1. The third-order valence-electron chi connectivity index (χ3n) is 2.37. The van der Waals surface area contributed by atoms with Gasteiger partial charge in [-0.2, -0.15) is 0 Å². The summed E-state index contributed by atoms with van der Waals surface area (Å²) in [7, 11) is 1.33. The highest BCUT2D eigenvalue weighted by molar-refractivity contribution is 7.18. The number of nitrogens with one attached hydrogen (secondary N) is 1. The fourth-order valence-corrected chi connectivity index (χ4v) is 2.43. The summed E-state index contributed by atoms with van der Waals surface area (Å²) in [4.78, 5) is 15.7. The molecule has 1 aromatic rings. The molecule has 4 nitrogen and oxygen atoms in total. The lowest BCUT2D eigenvalue weighted by Crippen LogP contribution is -2.02. The molecule has 1 aliphatic rings. The van der Waals surface area contributed by atoms with E-state index in [9.17, 15) is 4.79 Å². The van der Waals surface area contributed by atoms with Crippen LogP contribution in [0.15, 0.2) is 0 Å². The molecule has 2 unspecified atom stereocenters. The van der Waals surface area contributed by atoms with E-state index >= 15 is 0 Å². The number of hydrogen-bond donors (Lipinski definition) is 1. The second kappa shape index (κ2) is 3.98. The van der Waals surface area contributed by atoms with Gasteiger partial charge in [0.2, 0.25) is 0 Å². The predicted molar refractivity (Wildman–Crippen MR) is 59.7 cm³/mol. The molecule has 0 amide bonds. The molecule has 6 heteroatoms. The zero-order valence-corrected chi connectivity index (χ0v) is 9.98. The molecule has 0 radical (unpaired) electrons. The normalized spacial score (nSPS) is 23.7. The van der Waals surface area contributed by atoms with Gasteiger partial charge in [-0.3, -0.25) is 0 Å². The zero-order chi connectivity index (χ0) is 11.0. The van der Waals surface area contributed by atoms with Crippen LogP contribution in [-0.2, 0) is 4.74 Å². The van der Waals surface area contributed by atoms with Crippen molar-refractivity contribution in [1.82, 2.24) is 4.98 Å². The first-order chi connectivity index (χ1) is 7.11. The molecule has 0 spiro atoms. The Morgan fingerprint density at radius 1 is 1.73 bits per heavy atom. The number of methoxy groups -OCH3 is 1. The van der Waals surface area contributed by atoms with Gasteiger partial charge in [-0.25, -0.2) is 9.78 Å². The maximum atomic E-state index is 11.2. The SMILES string of the molecule is COC(=O)c1sc(NC2CC2C)nc1Cl. The molecule has 1 N–H and O–H groups in total. The second-order valence-electron chi connectivity index (χ2n) is 3.59. The van der Waals surface area contributed by atoms with Crippen LogP contribution in [0, 0.1) is 5.92 Å². The monoisotopic (exact) mass is 246 g/mol. The summed E-state index contributed by atoms with van der Waals surface area (Å²) in [6.45, 7) is 2.16. The first-order valence-corrected chi connectivity index (χ1v) is 5.82. The van der Waals surface area contributed by atoms with Gasteiger partial charge in [0.25, 0.3) is 0 Å². The zero-order valence-electron chi connectivity index (χ0n) is 8.41. The van der Waals surface area contributed by atoms with Gasteiger partial charge in [0.1, 0.15) is 0 Å². The maximum Gasteiger partial charge on any atom is 0.351 e. The van der Waals surface area contributed by atoms with E-state index in [-0.39, 0.29) is 5.15 Å². The molecule has 82 valence electrons. The third kappa shape index (κ3) is 2.23. The van der Waals surface area contributed by atoms with Crippen LogP contribution >= 0.6 is 22.9 Å². The number of esters is 1. The quantitative estimate of drug-likeness (QED) is 0.833. The number of aromatic nitrogens is 1. The van der Waals surface area contributed by atoms with Crippen LogP contribution in [0.3, 0.4) is 0 Å². The Bertz CT molecular complexity index is 393. The summed E-state index contributed by atoms with van der Waals surface area (Å²) in [5, 5.41) is 4.12. The molecule has 2 rings (SSSR count). The molecule has 1 aliphatic carbocycles. The van der Waals surface area contributed by atoms with Crippen LogP contribution in [0.4, 0.5) is 5.13 Å². The summed E-state index contributed by atoms with van der Waals surface area (Å²) in [5.74, 6) is 0.239. The minimum Gasteiger partial charge on any atom is -0.465 e. The summed E-state index contributed by atoms with van der Waals surface area (Å²) >= 11 is 7.05. The predicted octanol–water partition coefficient (Wildman–Crippen LogP) is 2.40. The molecule has 0 saturated heterocycles. The highest BCUT2D eigenvalue weighted by Crippen LogP contribution is 2.35. The van der Waals surface area contributed by atoms with Crippen molar-refractivity contribution in [3.63, 3.8) is 0 Å². The van der Waals surface area contributed by atoms with Gasteiger partial charge in [-0.15, -0.1) is 0 Å². The van der Waals surface area contributed by atoms with Crippen LogP contribution in [0.2, 0.25) is 5.15 Å². The lowest BCUT2D eigenvalue weighted by Gasteiger charge is -1.97. The smallest absolute Gasteiger partial charge is 0.351 e. The van der Waals surface area contributed by atoms with E-state index in [0.29, 0.717) is 22.0 Å². The van der Waals surface area contributed by atoms with Gasteiger partial charge in [-0.1, -0.05) is 29.9 Å². The maximum absolute atomic E-state index is 11.2. The third-order valence-corrected chi connectivity index (χ3v) is 3.73. The van der Waals surface area contributed by atoms with Crippen LogP contribution in [0.1, 0.15) is 23.0 Å². The van der Waals surface area contributed by atoms with Gasteiger partial charge in [0.15, 0.2) is 15.2 Å². The highest BCUT2D eigenvalue weighted by Gasteiger charge is 2.33. The molecule has 0 bridgehead atoms. The Labute approximate surface area is 96.6 Å². The second-order valence-corrected chi connectivity index (χ2v) is 4.95. The van der Waals surface area contributed by atoms with Crippen LogP contribution in [0.25, 0.3) is 0 Å². The molecule has 1 fully saturated rings. The van der Waals surface area contributed by atoms with Gasteiger partial charge >= 0.3 is 5.97 Å². The van der Waals surface area contributed by atoms with Crippen LogP contribution < -0.4 is 5.32 Å². The highest BCUT2D eigenvalue weighted by atomic mass is 35.5. The van der Waals surface area contributed by atoms with Crippen molar-refractivity contribution >= 4 is 34.0 Å². The van der Waals surface area contributed by atoms with Gasteiger partial charge < -0.3 is 10.1 Å². The summed E-state index contributed by atoms with van der Waals surface area (Å²) < 4.78 is 4.59. The van der Waals surface area contributed by atoms with E-state index < -0.39 is 5.97 Å². The van der Waals surface area contributed by atoms with Crippen molar-refractivity contribution in [3.8, 4) is 0 Å². The van der Waals surface area contributed by atoms with Crippen molar-refractivity contribution in [3.05, 3.63) is 10.0 Å². The number of thiazole rings is 1. The van der Waals surface area contributed by atoms with E-state index in [4.69, 9.17) is 11.6 Å². The van der Waals surface area contributed by atoms with Crippen LogP contribution in [-0.4, -0.2) is 24.1 Å². The molecule has 1 saturated carbocycles. The number of halogens is 1. The average molecular weight is 247 g/mol. The fraction of sp³-hybridized carbons (Fsp3) is 0.556. The number of nitrogens with zero attached hydrogens (tertiary/aromatic N) is 1. The molecular formula is C9H11ClN2O2S. The number of anilines is 1. The molecule has 1 aromatic heterocycles. The number of carbonyl (C=O) groups excluding carboxylic acids is 1. The number of hydrogen-bond acceptors (Lipinski definition) is 5. The largest absolute Gasteiger partial charge is 0.465 e. The summed E-state index contributed by atoms with van der Waals surface area (Å²) in [5.41, 5.74) is 0. The summed E-state index contributed by atoms with van der Waals surface area (Å²) in [6, 6.07) is 0.470. The van der Waals surface area contributed by atoms with Crippen molar-refractivity contribution in [2.75, 3.05) is 12.4 Å². The Morgan fingerprint density at radius 2 is 2.40 bits per heavy atom. The lowest BCUT2D eigenvalue weighted by molar-refractivity contribution is 0.0606. The summed E-state index contributed by atoms with van der Waals surface area (Å²) in [6.07, 6.45) is 1.14. The van der Waals surface area contributed by atoms with Gasteiger partial charge in [0.05, 0.1) is 7.11 Å². The first-order valence-electron chi connectivity index (χ1n) is 4.63. The molecule has 1 heterocycles. The topological polar surface area (TPSA) is 51.2 Å². The van der Waals surface area contributed by atoms with Gasteiger partial charge in [-0.05, 0) is 12.3 Å². The van der Waals surface area contributed by atoms with E-state index in [1.165, 1.54) is 18.4 Å². The average Bonchev–Trinajstić information content (AvgIpc) is 2.74. The van der Waals surface area contributed by atoms with E-state index in [2.05, 4.69) is 22.0 Å². The van der Waals surface area contributed by atoms with Crippen molar-refractivity contribution < 1.29 is 9.53 Å². The van der Waals surface area contributed by atoms with E-state index in [1.807, 2.05) is 0 Å². The standard InChI is InChI=1S/C9H11ClN2O2S/c1-4-3-5(4)11-9-12-7(10)6(15-9)8(13)14-2/h4-5H,3H2,1-2H3,(H,11,12). The van der Waals surface area contributed by atoms with E-state index in [1.54, 1.807) is 0 Å². The Kier molecular flexibility index (Phi) is 2.84. The fourth-order valence-electron chi connectivity index (χ4n) is 1.26. The molecule has 0 aromatic carbocycles.